The number of ether oxygens (including phenoxy) is 1. The second kappa shape index (κ2) is 9.43. The van der Waals surface area contributed by atoms with Crippen LogP contribution >= 0.6 is 11.8 Å². The SMILES string of the molecule is CSc1ncc(C(F)(F)COc2cccc(C(F)(F)F)n2)c(C2CCN(C(=O)O)CC2)n1. The van der Waals surface area contributed by atoms with Crippen molar-refractivity contribution in [3.63, 3.8) is 0 Å². The molecule has 3 heterocycles. The molecule has 1 fully saturated rings. The molecule has 0 aliphatic carbocycles. The monoisotopic (exact) mass is 478 g/mol. The second-order valence-electron chi connectivity index (χ2n) is 7.05. The lowest BCUT2D eigenvalue weighted by molar-refractivity contribution is -0.141. The summed E-state index contributed by atoms with van der Waals surface area (Å²) in [6.45, 7) is -0.910. The van der Waals surface area contributed by atoms with Gasteiger partial charge < -0.3 is 14.7 Å². The average molecular weight is 478 g/mol. The fraction of sp³-hybridized carbons (Fsp3) is 0.474. The minimum absolute atomic E-state index is 0.0833. The Bertz CT molecular complexity index is 968. The number of halogens is 5. The van der Waals surface area contributed by atoms with Crippen LogP contribution < -0.4 is 4.74 Å². The largest absolute Gasteiger partial charge is 0.471 e. The Labute approximate surface area is 184 Å². The van der Waals surface area contributed by atoms with Gasteiger partial charge in [0.25, 0.3) is 0 Å². The molecule has 0 spiro atoms. The third-order valence-electron chi connectivity index (χ3n) is 4.94. The number of carbonyl (C=O) groups is 1. The van der Waals surface area contributed by atoms with Crippen LogP contribution in [-0.4, -0.2) is 57.0 Å². The highest BCUT2D eigenvalue weighted by Crippen LogP contribution is 2.38. The molecule has 1 saturated heterocycles. The first-order valence-electron chi connectivity index (χ1n) is 9.45. The van der Waals surface area contributed by atoms with Gasteiger partial charge in [-0.25, -0.2) is 19.7 Å². The van der Waals surface area contributed by atoms with Gasteiger partial charge in [0.1, 0.15) is 5.69 Å². The Balaban J connectivity index is 1.82. The van der Waals surface area contributed by atoms with Crippen LogP contribution in [0, 0.1) is 0 Å². The minimum Gasteiger partial charge on any atom is -0.471 e. The average Bonchev–Trinajstić information content (AvgIpc) is 2.77. The van der Waals surface area contributed by atoms with Crippen LogP contribution in [0.25, 0.3) is 0 Å². The number of aromatic nitrogens is 3. The smallest absolute Gasteiger partial charge is 0.433 e. The van der Waals surface area contributed by atoms with Crippen molar-refractivity contribution in [1.29, 1.82) is 0 Å². The van der Waals surface area contributed by atoms with E-state index in [1.165, 1.54) is 16.7 Å². The minimum atomic E-state index is -4.73. The van der Waals surface area contributed by atoms with Crippen molar-refractivity contribution in [2.75, 3.05) is 26.0 Å². The van der Waals surface area contributed by atoms with Crippen LogP contribution in [0.1, 0.15) is 35.7 Å². The number of hydrogen-bond acceptors (Lipinski definition) is 6. The van der Waals surface area contributed by atoms with Crippen molar-refractivity contribution in [3.05, 3.63) is 41.3 Å². The third-order valence-corrected chi connectivity index (χ3v) is 5.50. The van der Waals surface area contributed by atoms with E-state index in [4.69, 9.17) is 9.84 Å². The highest BCUT2D eigenvalue weighted by molar-refractivity contribution is 7.98. The van der Waals surface area contributed by atoms with Gasteiger partial charge in [-0.3, -0.25) is 0 Å². The van der Waals surface area contributed by atoms with Gasteiger partial charge in [0, 0.05) is 31.3 Å². The van der Waals surface area contributed by atoms with Gasteiger partial charge in [-0.1, -0.05) is 17.8 Å². The van der Waals surface area contributed by atoms with Gasteiger partial charge in [-0.05, 0) is 25.2 Å². The second-order valence-corrected chi connectivity index (χ2v) is 7.82. The van der Waals surface area contributed by atoms with Gasteiger partial charge >= 0.3 is 18.2 Å². The molecule has 0 atom stereocenters. The zero-order valence-electron chi connectivity index (χ0n) is 16.8. The lowest BCUT2D eigenvalue weighted by Crippen LogP contribution is -2.37. The molecule has 0 bridgehead atoms. The highest BCUT2D eigenvalue weighted by Gasteiger charge is 2.40. The molecule has 13 heteroatoms. The number of likely N-dealkylation sites (tertiary alicyclic amines) is 1. The number of alkyl halides is 5. The molecule has 2 aromatic heterocycles. The Hall–Kier alpha value is -2.70. The lowest BCUT2D eigenvalue weighted by Gasteiger charge is -2.31. The zero-order chi connectivity index (χ0) is 23.5. The van der Waals surface area contributed by atoms with Crippen LogP contribution in [0.3, 0.4) is 0 Å². The molecule has 0 saturated carbocycles. The molecule has 174 valence electrons. The fourth-order valence-corrected chi connectivity index (χ4v) is 3.66. The summed E-state index contributed by atoms with van der Waals surface area (Å²) in [7, 11) is 0. The van der Waals surface area contributed by atoms with Crippen molar-refractivity contribution in [3.8, 4) is 5.88 Å². The van der Waals surface area contributed by atoms with Crippen LogP contribution in [0.4, 0.5) is 26.7 Å². The molecule has 0 radical (unpaired) electrons. The Kier molecular flexibility index (Phi) is 7.06. The van der Waals surface area contributed by atoms with E-state index < -0.39 is 47.9 Å². The summed E-state index contributed by atoms with van der Waals surface area (Å²) in [4.78, 5) is 23.7. The quantitative estimate of drug-likeness (QED) is 0.368. The molecule has 1 amide bonds. The summed E-state index contributed by atoms with van der Waals surface area (Å²) >= 11 is 1.17. The third kappa shape index (κ3) is 5.56. The van der Waals surface area contributed by atoms with Crippen LogP contribution in [0.2, 0.25) is 0 Å². The van der Waals surface area contributed by atoms with Crippen LogP contribution in [0.15, 0.2) is 29.6 Å². The standard InChI is InChI=1S/C19H19F5N4O3S/c1-32-16-25-9-12(15(27-16)11-5-7-28(8-6-11)17(29)30)18(20,21)10-31-14-4-2-3-13(26-14)19(22,23)24/h2-4,9,11H,5-8,10H2,1H3,(H,29,30). The number of rotatable bonds is 6. The predicted octanol–water partition coefficient (Wildman–Crippen LogP) is 4.64. The van der Waals surface area contributed by atoms with Crippen LogP contribution in [0.5, 0.6) is 5.88 Å². The molecule has 0 unspecified atom stereocenters. The molecule has 0 aromatic carbocycles. The number of nitrogens with zero attached hydrogens (tertiary/aromatic N) is 4. The number of amides is 1. The maximum Gasteiger partial charge on any atom is 0.433 e. The molecular weight excluding hydrogens is 459 g/mol. The Morgan fingerprint density at radius 3 is 2.50 bits per heavy atom. The first-order chi connectivity index (χ1) is 15.0. The predicted molar refractivity (Wildman–Crippen MR) is 104 cm³/mol. The van der Waals surface area contributed by atoms with E-state index in [1.807, 2.05) is 0 Å². The number of hydrogen-bond donors (Lipinski definition) is 1. The van der Waals surface area contributed by atoms with Crippen molar-refractivity contribution in [1.82, 2.24) is 19.9 Å². The van der Waals surface area contributed by atoms with Gasteiger partial charge in [0.2, 0.25) is 5.88 Å². The van der Waals surface area contributed by atoms with E-state index in [9.17, 15) is 18.0 Å². The summed E-state index contributed by atoms with van der Waals surface area (Å²) in [5.41, 5.74) is -1.67. The number of thioether (sulfide) groups is 1. The van der Waals surface area contributed by atoms with E-state index in [2.05, 4.69) is 15.0 Å². The molecular formula is C19H19F5N4O3S. The van der Waals surface area contributed by atoms with Gasteiger partial charge in [0.15, 0.2) is 11.8 Å². The number of piperidine rings is 1. The first-order valence-corrected chi connectivity index (χ1v) is 10.7. The molecule has 1 aliphatic heterocycles. The molecule has 1 N–H and O–H groups in total. The van der Waals surface area contributed by atoms with Crippen molar-refractivity contribution in [2.24, 2.45) is 0 Å². The molecule has 7 nitrogen and oxygen atoms in total. The summed E-state index contributed by atoms with van der Waals surface area (Å²) in [5.74, 6) is -4.63. The van der Waals surface area contributed by atoms with Gasteiger partial charge in [-0.15, -0.1) is 0 Å². The summed E-state index contributed by atoms with van der Waals surface area (Å²) < 4.78 is 73.4. The van der Waals surface area contributed by atoms with E-state index >= 15 is 8.78 Å². The van der Waals surface area contributed by atoms with Gasteiger partial charge in [0.05, 0.1) is 11.3 Å². The summed E-state index contributed by atoms with van der Waals surface area (Å²) in [6, 6.07) is 2.78. The van der Waals surface area contributed by atoms with Crippen molar-refractivity contribution < 1.29 is 36.6 Å². The topological polar surface area (TPSA) is 88.4 Å². The maximum atomic E-state index is 15.1. The zero-order valence-corrected chi connectivity index (χ0v) is 17.6. The van der Waals surface area contributed by atoms with Crippen LogP contribution in [-0.2, 0) is 12.1 Å². The normalized spacial score (nSPS) is 15.6. The van der Waals surface area contributed by atoms with E-state index in [-0.39, 0.29) is 23.9 Å². The van der Waals surface area contributed by atoms with E-state index in [0.29, 0.717) is 18.9 Å². The van der Waals surface area contributed by atoms with E-state index in [0.717, 1.165) is 18.3 Å². The first kappa shape index (κ1) is 24.0. The molecule has 1 aliphatic rings. The Morgan fingerprint density at radius 1 is 1.22 bits per heavy atom. The van der Waals surface area contributed by atoms with Crippen molar-refractivity contribution >= 4 is 17.9 Å². The van der Waals surface area contributed by atoms with Gasteiger partial charge in [-0.2, -0.15) is 22.0 Å². The maximum absolute atomic E-state index is 15.1. The summed E-state index contributed by atoms with van der Waals surface area (Å²) in [6.07, 6.45) is -2.54. The lowest BCUT2D eigenvalue weighted by atomic mass is 9.89. The summed E-state index contributed by atoms with van der Waals surface area (Å²) in [5, 5.41) is 9.37. The number of carboxylic acid groups (broad SMARTS) is 1. The Morgan fingerprint density at radius 2 is 1.91 bits per heavy atom. The number of pyridine rings is 1. The molecule has 3 rings (SSSR count). The molecule has 32 heavy (non-hydrogen) atoms. The fourth-order valence-electron chi connectivity index (χ4n) is 3.31. The van der Waals surface area contributed by atoms with Crippen molar-refractivity contribution in [2.45, 2.75) is 36.0 Å². The van der Waals surface area contributed by atoms with E-state index in [1.54, 1.807) is 6.26 Å². The molecule has 2 aromatic rings. The highest BCUT2D eigenvalue weighted by atomic mass is 32.2.